The van der Waals surface area contributed by atoms with Crippen LogP contribution in [0.5, 0.6) is 0 Å². The molecule has 3 aromatic rings. The zero-order chi connectivity index (χ0) is 20.1. The van der Waals surface area contributed by atoms with Crippen LogP contribution in [0.1, 0.15) is 4.88 Å². The summed E-state index contributed by atoms with van der Waals surface area (Å²) in [6, 6.07) is 18.9. The molecule has 28 heavy (non-hydrogen) atoms. The van der Waals surface area contributed by atoms with Crippen LogP contribution in [0.2, 0.25) is 0 Å². The molecular formula is C20H12BrN3O3S. The number of halogens is 1. The second-order valence-electron chi connectivity index (χ2n) is 5.61. The molecule has 0 aliphatic rings. The predicted molar refractivity (Wildman–Crippen MR) is 113 cm³/mol. The molecule has 0 bridgehead atoms. The van der Waals surface area contributed by atoms with Gasteiger partial charge in [-0.15, -0.1) is 11.3 Å². The Hall–Kier alpha value is -3.28. The molecule has 0 fully saturated rings. The average molecular weight is 454 g/mol. The lowest BCUT2D eigenvalue weighted by molar-refractivity contribution is -0.384. The van der Waals surface area contributed by atoms with Gasteiger partial charge in [-0.2, -0.15) is 5.26 Å². The number of hydrogen-bond donors (Lipinski definition) is 1. The third-order valence-electron chi connectivity index (χ3n) is 3.74. The number of nitrogens with zero attached hydrogens (tertiary/aromatic N) is 2. The smallest absolute Gasteiger partial charge is 0.270 e. The van der Waals surface area contributed by atoms with Crippen LogP contribution in [-0.4, -0.2) is 10.8 Å². The van der Waals surface area contributed by atoms with Crippen molar-refractivity contribution in [3.8, 4) is 16.5 Å². The van der Waals surface area contributed by atoms with Crippen molar-refractivity contribution in [3.05, 3.63) is 85.7 Å². The minimum atomic E-state index is -0.514. The minimum Gasteiger partial charge on any atom is -0.320 e. The normalized spacial score (nSPS) is 10.9. The van der Waals surface area contributed by atoms with E-state index >= 15 is 0 Å². The number of benzene rings is 2. The topological polar surface area (TPSA) is 96.0 Å². The van der Waals surface area contributed by atoms with Crippen LogP contribution in [-0.2, 0) is 4.79 Å². The van der Waals surface area contributed by atoms with Crippen LogP contribution in [0.25, 0.3) is 16.5 Å². The molecule has 1 aromatic heterocycles. The molecule has 0 aliphatic carbocycles. The molecule has 0 atom stereocenters. The van der Waals surface area contributed by atoms with E-state index in [9.17, 15) is 20.2 Å². The standard InChI is InChI=1S/C20H12BrN3O3S/c21-17-6-1-2-7-18(17)23-20(25)14(12-22)11-16-8-9-19(28-16)13-4-3-5-15(10-13)24(26)27/h1-11H,(H,23,25)/b14-11-. The van der Waals surface area contributed by atoms with E-state index in [1.165, 1.54) is 29.5 Å². The van der Waals surface area contributed by atoms with Crippen molar-refractivity contribution >= 4 is 50.6 Å². The summed E-state index contributed by atoms with van der Waals surface area (Å²) in [5.41, 5.74) is 1.24. The van der Waals surface area contributed by atoms with Crippen LogP contribution in [0.15, 0.2) is 70.7 Å². The van der Waals surface area contributed by atoms with Crippen LogP contribution in [0.4, 0.5) is 11.4 Å². The molecule has 1 amide bonds. The molecule has 8 heteroatoms. The van der Waals surface area contributed by atoms with Gasteiger partial charge in [0.2, 0.25) is 0 Å². The van der Waals surface area contributed by atoms with Gasteiger partial charge in [0.25, 0.3) is 11.6 Å². The average Bonchev–Trinajstić information content (AvgIpc) is 3.16. The van der Waals surface area contributed by atoms with Crippen molar-refractivity contribution in [3.63, 3.8) is 0 Å². The maximum absolute atomic E-state index is 12.4. The van der Waals surface area contributed by atoms with E-state index in [-0.39, 0.29) is 11.3 Å². The van der Waals surface area contributed by atoms with Gasteiger partial charge in [-0.1, -0.05) is 24.3 Å². The first-order valence-electron chi connectivity index (χ1n) is 8.00. The second kappa shape index (κ2) is 8.61. The van der Waals surface area contributed by atoms with Crippen molar-refractivity contribution < 1.29 is 9.72 Å². The first kappa shape index (κ1) is 19.5. The summed E-state index contributed by atoms with van der Waals surface area (Å²) in [6.07, 6.45) is 1.50. The number of carbonyl (C=O) groups excluding carboxylic acids is 1. The molecule has 0 saturated heterocycles. The van der Waals surface area contributed by atoms with Crippen LogP contribution in [0.3, 0.4) is 0 Å². The highest BCUT2D eigenvalue weighted by molar-refractivity contribution is 9.10. The number of hydrogen-bond acceptors (Lipinski definition) is 5. The van der Waals surface area contributed by atoms with Gasteiger partial charge in [0, 0.05) is 26.4 Å². The summed E-state index contributed by atoms with van der Waals surface area (Å²) in [6.45, 7) is 0. The Kier molecular flexibility index (Phi) is 5.99. The van der Waals surface area contributed by atoms with E-state index in [2.05, 4.69) is 21.2 Å². The maximum Gasteiger partial charge on any atom is 0.270 e. The third-order valence-corrected chi connectivity index (χ3v) is 5.51. The Balaban J connectivity index is 1.83. The molecular weight excluding hydrogens is 442 g/mol. The predicted octanol–water partition coefficient (Wildman–Crippen LogP) is 5.63. The van der Waals surface area contributed by atoms with Crippen molar-refractivity contribution in [2.24, 2.45) is 0 Å². The van der Waals surface area contributed by atoms with E-state index in [0.717, 1.165) is 4.88 Å². The van der Waals surface area contributed by atoms with E-state index in [0.29, 0.717) is 20.6 Å². The van der Waals surface area contributed by atoms with E-state index in [1.54, 1.807) is 42.5 Å². The molecule has 2 aromatic carbocycles. The number of carbonyl (C=O) groups is 1. The van der Waals surface area contributed by atoms with Crippen molar-refractivity contribution in [1.29, 1.82) is 5.26 Å². The van der Waals surface area contributed by atoms with Crippen LogP contribution < -0.4 is 5.32 Å². The number of nitriles is 1. The summed E-state index contributed by atoms with van der Waals surface area (Å²) in [4.78, 5) is 24.4. The Bertz CT molecular complexity index is 1130. The number of anilines is 1. The Labute approximate surface area is 173 Å². The zero-order valence-corrected chi connectivity index (χ0v) is 16.7. The van der Waals surface area contributed by atoms with Gasteiger partial charge in [0.05, 0.1) is 10.6 Å². The molecule has 0 aliphatic heterocycles. The lowest BCUT2D eigenvalue weighted by Gasteiger charge is -2.05. The quantitative estimate of drug-likeness (QED) is 0.234. The molecule has 3 rings (SSSR count). The number of rotatable bonds is 5. The van der Waals surface area contributed by atoms with E-state index < -0.39 is 10.8 Å². The number of thiophene rings is 1. The fourth-order valence-electron chi connectivity index (χ4n) is 2.40. The first-order chi connectivity index (χ1) is 13.5. The Morgan fingerprint density at radius 3 is 2.68 bits per heavy atom. The molecule has 6 nitrogen and oxygen atoms in total. The fraction of sp³-hybridized carbons (Fsp3) is 0. The third kappa shape index (κ3) is 4.52. The first-order valence-corrected chi connectivity index (χ1v) is 9.61. The summed E-state index contributed by atoms with van der Waals surface area (Å²) in [5, 5.41) is 23.0. The summed E-state index contributed by atoms with van der Waals surface area (Å²) in [7, 11) is 0. The lowest BCUT2D eigenvalue weighted by Crippen LogP contribution is -2.13. The molecule has 0 saturated carbocycles. The SMILES string of the molecule is N#C/C(=C/c1ccc(-c2cccc([N+](=O)[O-])c2)s1)C(=O)Nc1ccccc1Br. The monoisotopic (exact) mass is 453 g/mol. The summed E-state index contributed by atoms with van der Waals surface area (Å²) < 4.78 is 0.713. The molecule has 0 radical (unpaired) electrons. The number of amides is 1. The highest BCUT2D eigenvalue weighted by Crippen LogP contribution is 2.31. The lowest BCUT2D eigenvalue weighted by atomic mass is 10.1. The van der Waals surface area contributed by atoms with Gasteiger partial charge in [0.15, 0.2) is 0 Å². The summed E-state index contributed by atoms with van der Waals surface area (Å²) in [5.74, 6) is -0.514. The summed E-state index contributed by atoms with van der Waals surface area (Å²) >= 11 is 4.68. The van der Waals surface area contributed by atoms with Gasteiger partial charge in [-0.25, -0.2) is 0 Å². The Morgan fingerprint density at radius 2 is 1.96 bits per heavy atom. The van der Waals surface area contributed by atoms with Crippen molar-refractivity contribution in [2.45, 2.75) is 0 Å². The van der Waals surface area contributed by atoms with Crippen LogP contribution in [0, 0.1) is 21.4 Å². The largest absolute Gasteiger partial charge is 0.320 e. The van der Waals surface area contributed by atoms with Gasteiger partial charge < -0.3 is 5.32 Å². The fourth-order valence-corrected chi connectivity index (χ4v) is 3.73. The molecule has 0 spiro atoms. The molecule has 0 unspecified atom stereocenters. The number of non-ortho nitro benzene ring substituents is 1. The van der Waals surface area contributed by atoms with Gasteiger partial charge in [-0.05, 0) is 51.8 Å². The minimum absolute atomic E-state index is 0.00789. The number of nitro benzene ring substituents is 1. The molecule has 1 N–H and O–H groups in total. The van der Waals surface area contributed by atoms with E-state index in [1.807, 2.05) is 12.1 Å². The number of nitrogens with one attached hydrogen (secondary N) is 1. The number of para-hydroxylation sites is 1. The maximum atomic E-state index is 12.4. The van der Waals surface area contributed by atoms with Gasteiger partial charge >= 0.3 is 0 Å². The number of nitro groups is 1. The molecule has 138 valence electrons. The second-order valence-corrected chi connectivity index (χ2v) is 7.58. The van der Waals surface area contributed by atoms with Gasteiger partial charge in [0.1, 0.15) is 11.6 Å². The van der Waals surface area contributed by atoms with Gasteiger partial charge in [-0.3, -0.25) is 14.9 Å². The molecule has 1 heterocycles. The van der Waals surface area contributed by atoms with Crippen molar-refractivity contribution in [1.82, 2.24) is 0 Å². The zero-order valence-electron chi connectivity index (χ0n) is 14.3. The highest BCUT2D eigenvalue weighted by atomic mass is 79.9. The Morgan fingerprint density at radius 1 is 1.18 bits per heavy atom. The van der Waals surface area contributed by atoms with Crippen molar-refractivity contribution in [2.75, 3.05) is 5.32 Å². The highest BCUT2D eigenvalue weighted by Gasteiger charge is 2.13. The van der Waals surface area contributed by atoms with E-state index in [4.69, 9.17) is 0 Å². The van der Waals surface area contributed by atoms with Crippen LogP contribution >= 0.6 is 27.3 Å².